The first-order chi connectivity index (χ1) is 23.5. The van der Waals surface area contributed by atoms with Crippen LogP contribution in [0.4, 0.5) is 19.3 Å². The minimum absolute atomic E-state index is 0.0498. The number of ether oxygens (including phenoxy) is 3. The van der Waals surface area contributed by atoms with Crippen LogP contribution in [0.1, 0.15) is 30.9 Å². The van der Waals surface area contributed by atoms with Gasteiger partial charge < -0.3 is 23.9 Å². The molecule has 4 heterocycles. The zero-order chi connectivity index (χ0) is 34.9. The molecule has 2 aromatic carbocycles. The highest BCUT2D eigenvalue weighted by atomic mass is 32.2. The van der Waals surface area contributed by atoms with Gasteiger partial charge in [0.1, 0.15) is 10.6 Å². The van der Waals surface area contributed by atoms with Gasteiger partial charge in [0.2, 0.25) is 5.88 Å². The number of hydrogen-bond donors (Lipinski definition) is 0. The third kappa shape index (κ3) is 6.29. The Hall–Kier alpha value is -4.38. The van der Waals surface area contributed by atoms with Gasteiger partial charge in [0, 0.05) is 50.0 Å². The largest absolute Gasteiger partial charge is 0.529 e. The third-order valence-corrected chi connectivity index (χ3v) is 10.8. The summed E-state index contributed by atoms with van der Waals surface area (Å²) in [7, 11) is -1.57. The molecule has 3 aromatic rings. The number of anilines is 1. The van der Waals surface area contributed by atoms with Crippen molar-refractivity contribution in [2.45, 2.75) is 36.3 Å². The second-order valence-electron chi connectivity index (χ2n) is 11.9. The summed E-state index contributed by atoms with van der Waals surface area (Å²) in [6.45, 7) is 5.59. The maximum Gasteiger partial charge on any atom is 0.529 e. The molecule has 3 aliphatic heterocycles. The number of rotatable bonds is 9. The molecule has 49 heavy (non-hydrogen) atoms. The lowest BCUT2D eigenvalue weighted by Crippen LogP contribution is -2.53. The summed E-state index contributed by atoms with van der Waals surface area (Å²) in [6.07, 6.45) is 2.03. The van der Waals surface area contributed by atoms with E-state index in [1.165, 1.54) is 54.8 Å². The van der Waals surface area contributed by atoms with E-state index in [0.717, 1.165) is 25.9 Å². The summed E-state index contributed by atoms with van der Waals surface area (Å²) >= 11 is 0. The molecular formula is C33H37F2N5O8S. The van der Waals surface area contributed by atoms with Crippen molar-refractivity contribution in [2.24, 2.45) is 0 Å². The molecule has 1 atom stereocenters. The number of pyridine rings is 1. The number of hydroxylamine groups is 2. The van der Waals surface area contributed by atoms with Gasteiger partial charge in [-0.1, -0.05) is 12.1 Å². The van der Waals surface area contributed by atoms with E-state index in [-0.39, 0.29) is 28.1 Å². The number of para-hydroxylation sites is 1. The van der Waals surface area contributed by atoms with Crippen LogP contribution in [-0.2, 0) is 30.0 Å². The van der Waals surface area contributed by atoms with Crippen molar-refractivity contribution in [3.8, 4) is 11.6 Å². The number of amides is 1. The standard InChI is InChI=1S/C33H37F2N5O8S/c1-4-46-30-23(8-7-13-36-30)33(47-32(42)48-39-18-16-38(17-19-39)22-11-14-37(2)15-12-22)24-20-25(34)26(35)21-27(24)40(31(33)41)49(43,44)29-10-6-5-9-28(29)45-3/h5-10,13,20-22H,4,11-12,14-19H2,1-3H3. The third-order valence-electron chi connectivity index (χ3n) is 9.06. The van der Waals surface area contributed by atoms with Crippen LogP contribution < -0.4 is 13.8 Å². The molecule has 0 saturated carbocycles. The quantitative estimate of drug-likeness (QED) is 0.303. The van der Waals surface area contributed by atoms with Crippen LogP contribution in [-0.4, -0.2) is 106 Å². The Morgan fingerprint density at radius 3 is 2.37 bits per heavy atom. The van der Waals surface area contributed by atoms with Crippen molar-refractivity contribution in [1.82, 2.24) is 19.8 Å². The normalized spacial score (nSPS) is 21.0. The van der Waals surface area contributed by atoms with Crippen LogP contribution >= 0.6 is 0 Å². The molecule has 16 heteroatoms. The molecule has 0 aliphatic carbocycles. The highest BCUT2D eigenvalue weighted by Crippen LogP contribution is 2.52. The van der Waals surface area contributed by atoms with Gasteiger partial charge in [-0.25, -0.2) is 27.0 Å². The predicted molar refractivity (Wildman–Crippen MR) is 171 cm³/mol. The van der Waals surface area contributed by atoms with Gasteiger partial charge in [-0.15, -0.1) is 5.06 Å². The lowest BCUT2D eigenvalue weighted by Gasteiger charge is -2.41. The van der Waals surface area contributed by atoms with Crippen molar-refractivity contribution >= 4 is 27.8 Å². The number of nitrogens with zero attached hydrogens (tertiary/aromatic N) is 5. The highest BCUT2D eigenvalue weighted by Gasteiger charge is 2.62. The topological polar surface area (TPSA) is 131 Å². The molecule has 1 unspecified atom stereocenters. The number of halogens is 2. The van der Waals surface area contributed by atoms with Crippen molar-refractivity contribution in [3.05, 3.63) is 77.5 Å². The monoisotopic (exact) mass is 701 g/mol. The maximum absolute atomic E-state index is 15.1. The van der Waals surface area contributed by atoms with Crippen molar-refractivity contribution in [3.63, 3.8) is 0 Å². The molecule has 0 radical (unpaired) electrons. The smallest absolute Gasteiger partial charge is 0.495 e. The summed E-state index contributed by atoms with van der Waals surface area (Å²) in [4.78, 5) is 42.4. The predicted octanol–water partition coefficient (Wildman–Crippen LogP) is 3.53. The first-order valence-electron chi connectivity index (χ1n) is 15.9. The van der Waals surface area contributed by atoms with Crippen LogP contribution in [0.15, 0.2) is 59.6 Å². The molecule has 0 bridgehead atoms. The summed E-state index contributed by atoms with van der Waals surface area (Å²) in [6, 6.07) is 9.81. The zero-order valence-corrected chi connectivity index (χ0v) is 28.1. The Balaban J connectivity index is 1.39. The second-order valence-corrected chi connectivity index (χ2v) is 13.7. The fraction of sp³-hybridized carbons (Fsp3) is 0.424. The molecule has 262 valence electrons. The molecule has 2 fully saturated rings. The first-order valence-corrected chi connectivity index (χ1v) is 17.3. The molecule has 1 amide bonds. The second kappa shape index (κ2) is 13.9. The number of piperazine rings is 1. The van der Waals surface area contributed by atoms with E-state index in [1.54, 1.807) is 6.92 Å². The van der Waals surface area contributed by atoms with Crippen LogP contribution in [0, 0.1) is 11.6 Å². The molecule has 1 aromatic heterocycles. The Morgan fingerprint density at radius 1 is 0.980 bits per heavy atom. The van der Waals surface area contributed by atoms with E-state index in [2.05, 4.69) is 21.8 Å². The van der Waals surface area contributed by atoms with Crippen molar-refractivity contribution in [2.75, 3.05) is 64.3 Å². The van der Waals surface area contributed by atoms with Gasteiger partial charge in [-0.3, -0.25) is 9.69 Å². The molecule has 0 spiro atoms. The average molecular weight is 702 g/mol. The fourth-order valence-electron chi connectivity index (χ4n) is 6.62. The van der Waals surface area contributed by atoms with E-state index < -0.39 is 55.5 Å². The number of carbonyl (C=O) groups is 2. The average Bonchev–Trinajstić information content (AvgIpc) is 3.33. The lowest BCUT2D eigenvalue weighted by molar-refractivity contribution is -0.168. The number of fused-ring (bicyclic) bond motifs is 1. The lowest BCUT2D eigenvalue weighted by atomic mass is 9.87. The van der Waals surface area contributed by atoms with Crippen LogP contribution in [0.3, 0.4) is 0 Å². The summed E-state index contributed by atoms with van der Waals surface area (Å²) < 4.78 is 75.6. The van der Waals surface area contributed by atoms with Crippen LogP contribution in [0.25, 0.3) is 0 Å². The van der Waals surface area contributed by atoms with Gasteiger partial charge in [0.15, 0.2) is 11.6 Å². The number of likely N-dealkylation sites (tertiary alicyclic amines) is 1. The summed E-state index contributed by atoms with van der Waals surface area (Å²) in [5.41, 5.74) is -4.02. The summed E-state index contributed by atoms with van der Waals surface area (Å²) in [5.74, 6) is -4.56. The number of sulfonamides is 1. The van der Waals surface area contributed by atoms with E-state index in [1.807, 2.05) is 0 Å². The van der Waals surface area contributed by atoms with Crippen LogP contribution in [0.2, 0.25) is 0 Å². The Labute approximate surface area is 282 Å². The van der Waals surface area contributed by atoms with Gasteiger partial charge in [-0.05, 0) is 70.2 Å². The number of piperidine rings is 1. The maximum atomic E-state index is 15.1. The number of aromatic nitrogens is 1. The molecular weight excluding hydrogens is 664 g/mol. The van der Waals surface area contributed by atoms with E-state index in [9.17, 15) is 22.4 Å². The van der Waals surface area contributed by atoms with Gasteiger partial charge in [-0.2, -0.15) is 4.31 Å². The van der Waals surface area contributed by atoms with Crippen molar-refractivity contribution < 1.29 is 45.8 Å². The minimum atomic E-state index is -4.90. The van der Waals surface area contributed by atoms with Crippen molar-refractivity contribution in [1.29, 1.82) is 0 Å². The number of methoxy groups -OCH3 is 1. The van der Waals surface area contributed by atoms with E-state index in [4.69, 9.17) is 19.0 Å². The Kier molecular flexibility index (Phi) is 9.75. The van der Waals surface area contributed by atoms with E-state index >= 15 is 4.39 Å². The number of hydrogen-bond acceptors (Lipinski definition) is 12. The first kappa shape index (κ1) is 34.5. The van der Waals surface area contributed by atoms with Gasteiger partial charge in [0.05, 0.1) is 25.0 Å². The SMILES string of the molecule is CCOc1ncccc1C1(OC(=O)ON2CCN(C3CCN(C)CC3)CC2)C(=O)N(S(=O)(=O)c2ccccc2OC)c2cc(F)c(F)cc21. The molecule has 6 rings (SSSR count). The minimum Gasteiger partial charge on any atom is -0.495 e. The van der Waals surface area contributed by atoms with E-state index in [0.29, 0.717) is 44.4 Å². The zero-order valence-electron chi connectivity index (χ0n) is 27.3. The Morgan fingerprint density at radius 2 is 1.67 bits per heavy atom. The summed E-state index contributed by atoms with van der Waals surface area (Å²) in [5, 5.41) is 1.39. The van der Waals surface area contributed by atoms with Gasteiger partial charge >= 0.3 is 6.16 Å². The Bertz CT molecular complexity index is 1830. The molecule has 2 saturated heterocycles. The molecule has 13 nitrogen and oxygen atoms in total. The molecule has 3 aliphatic rings. The fourth-order valence-corrected chi connectivity index (χ4v) is 8.23. The van der Waals surface area contributed by atoms with Gasteiger partial charge in [0.25, 0.3) is 21.5 Å². The van der Waals surface area contributed by atoms with Crippen LogP contribution in [0.5, 0.6) is 11.6 Å². The number of benzene rings is 2. The highest BCUT2D eigenvalue weighted by molar-refractivity contribution is 7.93. The molecule has 0 N–H and O–H groups in total. The number of carbonyl (C=O) groups excluding carboxylic acids is 2.